The average Bonchev–Trinajstić information content (AvgIpc) is 2.98. The zero-order valence-electron chi connectivity index (χ0n) is 11.5. The Kier molecular flexibility index (Phi) is 5.45. The Morgan fingerprint density at radius 2 is 2.17 bits per heavy atom. The molecule has 3 unspecified atom stereocenters. The largest absolute Gasteiger partial charge is 0.356 e. The maximum absolute atomic E-state index is 11.4. The molecule has 1 heterocycles. The Hall–Kier alpha value is -0.610. The van der Waals surface area contributed by atoms with Crippen LogP contribution in [-0.4, -0.2) is 37.6 Å². The Morgan fingerprint density at radius 3 is 2.89 bits per heavy atom. The third-order valence-corrected chi connectivity index (χ3v) is 4.32. The molecular formula is C14H27N3O. The Bertz CT molecular complexity index is 264. The predicted molar refractivity (Wildman–Crippen MR) is 73.5 cm³/mol. The second-order valence-corrected chi connectivity index (χ2v) is 5.56. The number of hydrogen-bond donors (Lipinski definition) is 3. The van der Waals surface area contributed by atoms with Crippen molar-refractivity contribution in [1.29, 1.82) is 0 Å². The molecule has 2 rings (SSSR count). The first-order valence-corrected chi connectivity index (χ1v) is 7.54. The third kappa shape index (κ3) is 3.69. The van der Waals surface area contributed by atoms with Gasteiger partial charge < -0.3 is 16.0 Å². The molecule has 0 radical (unpaired) electrons. The molecular weight excluding hydrogens is 226 g/mol. The van der Waals surface area contributed by atoms with Crippen LogP contribution >= 0.6 is 0 Å². The highest BCUT2D eigenvalue weighted by atomic mass is 16.1. The first-order valence-electron chi connectivity index (χ1n) is 7.54. The van der Waals surface area contributed by atoms with Crippen LogP contribution in [0.25, 0.3) is 0 Å². The topological polar surface area (TPSA) is 53.2 Å². The molecule has 1 saturated heterocycles. The van der Waals surface area contributed by atoms with Crippen LogP contribution < -0.4 is 16.0 Å². The van der Waals surface area contributed by atoms with Gasteiger partial charge in [-0.05, 0) is 45.1 Å². The summed E-state index contributed by atoms with van der Waals surface area (Å²) in [6, 6.07) is 1.34. The van der Waals surface area contributed by atoms with Gasteiger partial charge in [0.1, 0.15) is 0 Å². The van der Waals surface area contributed by atoms with Crippen LogP contribution in [0.1, 0.15) is 45.4 Å². The van der Waals surface area contributed by atoms with Crippen molar-refractivity contribution in [2.75, 3.05) is 19.6 Å². The van der Waals surface area contributed by atoms with Crippen molar-refractivity contribution in [2.45, 2.75) is 57.5 Å². The van der Waals surface area contributed by atoms with E-state index in [4.69, 9.17) is 0 Å². The normalized spacial score (nSPS) is 31.7. The lowest BCUT2D eigenvalue weighted by Crippen LogP contribution is -2.43. The second-order valence-electron chi connectivity index (χ2n) is 5.56. The van der Waals surface area contributed by atoms with E-state index >= 15 is 0 Å². The van der Waals surface area contributed by atoms with E-state index in [9.17, 15) is 4.79 Å². The number of carbonyl (C=O) groups excluding carboxylic acids is 1. The standard InChI is InChI=1S/C14H27N3O/c1-2-15-14(18)8-10-17-12-6-3-5-11(12)13-7-4-9-16-13/h11-13,16-17H,2-10H2,1H3,(H,15,18). The van der Waals surface area contributed by atoms with E-state index in [0.717, 1.165) is 25.0 Å². The summed E-state index contributed by atoms with van der Waals surface area (Å²) < 4.78 is 0. The van der Waals surface area contributed by atoms with Gasteiger partial charge in [-0.15, -0.1) is 0 Å². The first kappa shape index (κ1) is 13.8. The Labute approximate surface area is 110 Å². The minimum Gasteiger partial charge on any atom is -0.356 e. The summed E-state index contributed by atoms with van der Waals surface area (Å²) >= 11 is 0. The zero-order valence-corrected chi connectivity index (χ0v) is 11.5. The molecule has 0 aromatic heterocycles. The molecule has 4 heteroatoms. The van der Waals surface area contributed by atoms with Gasteiger partial charge in [0, 0.05) is 31.6 Å². The van der Waals surface area contributed by atoms with E-state index in [0.29, 0.717) is 12.5 Å². The van der Waals surface area contributed by atoms with Gasteiger partial charge in [-0.3, -0.25) is 4.79 Å². The van der Waals surface area contributed by atoms with E-state index in [2.05, 4.69) is 16.0 Å². The highest BCUT2D eigenvalue weighted by Crippen LogP contribution is 2.31. The van der Waals surface area contributed by atoms with E-state index in [-0.39, 0.29) is 5.91 Å². The minimum atomic E-state index is 0.165. The molecule has 3 atom stereocenters. The maximum atomic E-state index is 11.4. The maximum Gasteiger partial charge on any atom is 0.221 e. The van der Waals surface area contributed by atoms with E-state index in [1.54, 1.807) is 0 Å². The van der Waals surface area contributed by atoms with Gasteiger partial charge in [-0.1, -0.05) is 6.42 Å². The van der Waals surface area contributed by atoms with Crippen LogP contribution in [0, 0.1) is 5.92 Å². The van der Waals surface area contributed by atoms with Crippen molar-refractivity contribution in [3.8, 4) is 0 Å². The highest BCUT2D eigenvalue weighted by molar-refractivity contribution is 5.75. The molecule has 0 bridgehead atoms. The molecule has 4 nitrogen and oxygen atoms in total. The predicted octanol–water partition coefficient (Wildman–Crippen LogP) is 1.02. The van der Waals surface area contributed by atoms with Gasteiger partial charge in [0.15, 0.2) is 0 Å². The summed E-state index contributed by atoms with van der Waals surface area (Å²) in [6.45, 7) is 4.70. The number of rotatable bonds is 6. The summed E-state index contributed by atoms with van der Waals surface area (Å²) in [7, 11) is 0. The molecule has 1 aliphatic carbocycles. The van der Waals surface area contributed by atoms with Gasteiger partial charge in [0.25, 0.3) is 0 Å². The number of carbonyl (C=O) groups is 1. The zero-order chi connectivity index (χ0) is 12.8. The molecule has 2 aliphatic rings. The quantitative estimate of drug-likeness (QED) is 0.662. The van der Waals surface area contributed by atoms with Gasteiger partial charge in [-0.2, -0.15) is 0 Å². The molecule has 1 amide bonds. The Balaban J connectivity index is 1.69. The molecule has 0 aromatic rings. The summed E-state index contributed by atoms with van der Waals surface area (Å²) in [5.41, 5.74) is 0. The van der Waals surface area contributed by atoms with Crippen molar-refractivity contribution >= 4 is 5.91 Å². The van der Waals surface area contributed by atoms with Crippen molar-refractivity contribution in [1.82, 2.24) is 16.0 Å². The smallest absolute Gasteiger partial charge is 0.221 e. The fraction of sp³-hybridized carbons (Fsp3) is 0.929. The molecule has 2 fully saturated rings. The van der Waals surface area contributed by atoms with E-state index < -0.39 is 0 Å². The number of hydrogen-bond acceptors (Lipinski definition) is 3. The van der Waals surface area contributed by atoms with Crippen LogP contribution in [-0.2, 0) is 4.79 Å². The summed E-state index contributed by atoms with van der Waals surface area (Å²) in [5.74, 6) is 0.945. The Morgan fingerprint density at radius 1 is 1.28 bits per heavy atom. The second kappa shape index (κ2) is 7.10. The summed E-state index contributed by atoms with van der Waals surface area (Å²) in [4.78, 5) is 11.4. The van der Waals surface area contributed by atoms with Gasteiger partial charge in [0.2, 0.25) is 5.91 Å². The van der Waals surface area contributed by atoms with Crippen LogP contribution in [0.5, 0.6) is 0 Å². The molecule has 1 saturated carbocycles. The van der Waals surface area contributed by atoms with Crippen LogP contribution in [0.15, 0.2) is 0 Å². The van der Waals surface area contributed by atoms with Crippen LogP contribution in [0.2, 0.25) is 0 Å². The lowest BCUT2D eigenvalue weighted by molar-refractivity contribution is -0.120. The molecule has 0 aromatic carbocycles. The van der Waals surface area contributed by atoms with E-state index in [1.807, 2.05) is 6.92 Å². The van der Waals surface area contributed by atoms with Crippen LogP contribution in [0.3, 0.4) is 0 Å². The molecule has 0 spiro atoms. The van der Waals surface area contributed by atoms with Gasteiger partial charge >= 0.3 is 0 Å². The van der Waals surface area contributed by atoms with Gasteiger partial charge in [0.05, 0.1) is 0 Å². The minimum absolute atomic E-state index is 0.165. The van der Waals surface area contributed by atoms with E-state index in [1.165, 1.54) is 38.6 Å². The third-order valence-electron chi connectivity index (χ3n) is 4.32. The highest BCUT2D eigenvalue weighted by Gasteiger charge is 2.34. The molecule has 3 N–H and O–H groups in total. The van der Waals surface area contributed by atoms with Crippen LogP contribution in [0.4, 0.5) is 0 Å². The number of amides is 1. The van der Waals surface area contributed by atoms with Crippen molar-refractivity contribution in [3.63, 3.8) is 0 Å². The fourth-order valence-corrected chi connectivity index (χ4v) is 3.46. The lowest BCUT2D eigenvalue weighted by atomic mass is 9.93. The lowest BCUT2D eigenvalue weighted by Gasteiger charge is -2.26. The fourth-order valence-electron chi connectivity index (χ4n) is 3.46. The summed E-state index contributed by atoms with van der Waals surface area (Å²) in [6.07, 6.45) is 7.22. The summed E-state index contributed by atoms with van der Waals surface area (Å²) in [5, 5.41) is 10.1. The monoisotopic (exact) mass is 253 g/mol. The van der Waals surface area contributed by atoms with Gasteiger partial charge in [-0.25, -0.2) is 0 Å². The van der Waals surface area contributed by atoms with Crippen molar-refractivity contribution < 1.29 is 4.79 Å². The first-order chi connectivity index (χ1) is 8.81. The average molecular weight is 253 g/mol. The van der Waals surface area contributed by atoms with Crippen molar-refractivity contribution in [3.05, 3.63) is 0 Å². The SMILES string of the molecule is CCNC(=O)CCNC1CCCC1C1CCCN1. The molecule has 18 heavy (non-hydrogen) atoms. The van der Waals surface area contributed by atoms with Crippen molar-refractivity contribution in [2.24, 2.45) is 5.92 Å². The number of nitrogens with one attached hydrogen (secondary N) is 3. The molecule has 1 aliphatic heterocycles. The molecule has 104 valence electrons.